The van der Waals surface area contributed by atoms with Crippen LogP contribution in [0.5, 0.6) is 0 Å². The molecular formula is C9H20O6S2. The van der Waals surface area contributed by atoms with Crippen LogP contribution < -0.4 is 0 Å². The fourth-order valence-corrected chi connectivity index (χ4v) is 0.400. The molecule has 0 saturated carbocycles. The van der Waals surface area contributed by atoms with Gasteiger partial charge in [0.1, 0.15) is 0 Å². The predicted octanol–water partition coefficient (Wildman–Crippen LogP) is 0.143. The van der Waals surface area contributed by atoms with Crippen LogP contribution in [0.4, 0.5) is 0 Å². The van der Waals surface area contributed by atoms with Crippen LogP contribution in [0.15, 0.2) is 0 Å². The van der Waals surface area contributed by atoms with Crippen molar-refractivity contribution >= 4 is 37.2 Å². The van der Waals surface area contributed by atoms with Gasteiger partial charge in [0, 0.05) is 13.2 Å². The molecule has 17 heavy (non-hydrogen) atoms. The largest absolute Gasteiger partial charge is 0.481 e. The van der Waals surface area contributed by atoms with Crippen LogP contribution in [0.25, 0.3) is 0 Å². The Hall–Kier alpha value is -0.440. The summed E-state index contributed by atoms with van der Waals surface area (Å²) in [7, 11) is 0. The summed E-state index contributed by atoms with van der Waals surface area (Å²) in [6.45, 7) is 0.500. The lowest BCUT2D eigenvalue weighted by atomic mass is 10.2. The van der Waals surface area contributed by atoms with E-state index in [2.05, 4.69) is 25.3 Å². The van der Waals surface area contributed by atoms with Crippen LogP contribution in [-0.4, -0.2) is 57.1 Å². The van der Waals surface area contributed by atoms with Gasteiger partial charge in [-0.15, -0.1) is 0 Å². The lowest BCUT2D eigenvalue weighted by molar-refractivity contribution is -0.134. The number of carboxylic acid groups (broad SMARTS) is 2. The van der Waals surface area contributed by atoms with E-state index in [9.17, 15) is 9.59 Å². The highest BCUT2D eigenvalue weighted by atomic mass is 32.1. The van der Waals surface area contributed by atoms with Gasteiger partial charge in [-0.05, 0) is 19.3 Å². The summed E-state index contributed by atoms with van der Waals surface area (Å²) < 4.78 is 0. The molecule has 0 aromatic heterocycles. The van der Waals surface area contributed by atoms with Crippen molar-refractivity contribution in [2.45, 2.75) is 19.3 Å². The summed E-state index contributed by atoms with van der Waals surface area (Å²) in [5, 5.41) is 31.7. The van der Waals surface area contributed by atoms with E-state index in [-0.39, 0.29) is 24.7 Å². The molecule has 0 spiro atoms. The quantitative estimate of drug-likeness (QED) is 0.306. The summed E-state index contributed by atoms with van der Waals surface area (Å²) in [5.74, 6) is -1.93. The fraction of sp³-hybridized carbons (Fsp3) is 0.778. The molecule has 0 aliphatic carbocycles. The second-order valence-corrected chi connectivity index (χ2v) is 3.24. The van der Waals surface area contributed by atoms with Crippen LogP contribution in [-0.2, 0) is 9.59 Å². The molecule has 6 nitrogen and oxygen atoms in total. The van der Waals surface area contributed by atoms with Gasteiger partial charge < -0.3 is 20.4 Å². The van der Waals surface area contributed by atoms with Gasteiger partial charge in [-0.1, -0.05) is 0 Å². The molecule has 0 aromatic rings. The molecule has 0 aliphatic rings. The molecule has 0 fully saturated rings. The summed E-state index contributed by atoms with van der Waals surface area (Å²) in [5.41, 5.74) is 0. The number of rotatable bonds is 6. The highest BCUT2D eigenvalue weighted by molar-refractivity contribution is 7.81. The molecule has 0 aliphatic heterocycles. The maximum atomic E-state index is 9.29. The molecule has 4 N–H and O–H groups in total. The zero-order chi connectivity index (χ0) is 14.1. The lowest BCUT2D eigenvalue weighted by Gasteiger charge is -1.90. The zero-order valence-electron chi connectivity index (χ0n) is 9.45. The molecule has 0 unspecified atom stereocenters. The second kappa shape index (κ2) is 20.9. The van der Waals surface area contributed by atoms with Gasteiger partial charge >= 0.3 is 11.9 Å². The number of carbonyl (C=O) groups is 2. The van der Waals surface area contributed by atoms with Crippen molar-refractivity contribution < 1.29 is 30.0 Å². The Labute approximate surface area is 111 Å². The Morgan fingerprint density at radius 2 is 1.00 bits per heavy atom. The lowest BCUT2D eigenvalue weighted by Crippen LogP contribution is -1.92. The molecule has 0 saturated heterocycles. The van der Waals surface area contributed by atoms with E-state index >= 15 is 0 Å². The van der Waals surface area contributed by atoms with Gasteiger partial charge in [0.2, 0.25) is 0 Å². The number of aliphatic carboxylic acids is 2. The molecule has 0 rings (SSSR count). The first-order valence-electron chi connectivity index (χ1n) is 4.83. The van der Waals surface area contributed by atoms with E-state index < -0.39 is 11.9 Å². The third-order valence-corrected chi connectivity index (χ3v) is 1.63. The SMILES string of the molecule is O=C(O)CS.O=C(O)CS.OCCCCCO. The van der Waals surface area contributed by atoms with Crippen LogP contribution in [0.3, 0.4) is 0 Å². The Kier molecular flexibility index (Phi) is 26.8. The highest BCUT2D eigenvalue weighted by Gasteiger charge is 1.82. The third kappa shape index (κ3) is 50.1. The first kappa shape index (κ1) is 21.8. The van der Waals surface area contributed by atoms with Gasteiger partial charge in [0.05, 0.1) is 11.5 Å². The van der Waals surface area contributed by atoms with E-state index in [1.54, 1.807) is 0 Å². The van der Waals surface area contributed by atoms with Crippen molar-refractivity contribution in [1.82, 2.24) is 0 Å². The summed E-state index contributed by atoms with van der Waals surface area (Å²) in [6, 6.07) is 0. The fourth-order valence-electron chi connectivity index (χ4n) is 0.400. The van der Waals surface area contributed by atoms with Crippen LogP contribution >= 0.6 is 25.3 Å². The Morgan fingerprint density at radius 1 is 0.765 bits per heavy atom. The smallest absolute Gasteiger partial charge is 0.313 e. The van der Waals surface area contributed by atoms with E-state index in [0.717, 1.165) is 19.3 Å². The van der Waals surface area contributed by atoms with Crippen LogP contribution in [0, 0.1) is 0 Å². The molecule has 0 heterocycles. The molecule has 104 valence electrons. The zero-order valence-corrected chi connectivity index (χ0v) is 11.2. The normalized spacial score (nSPS) is 8.24. The van der Waals surface area contributed by atoms with Crippen LogP contribution in [0.2, 0.25) is 0 Å². The van der Waals surface area contributed by atoms with E-state index in [1.807, 2.05) is 0 Å². The maximum Gasteiger partial charge on any atom is 0.313 e. The minimum atomic E-state index is -0.881. The summed E-state index contributed by atoms with van der Waals surface area (Å²) in [6.07, 6.45) is 2.58. The van der Waals surface area contributed by atoms with E-state index in [0.29, 0.717) is 0 Å². The number of thiol groups is 2. The number of aliphatic hydroxyl groups is 2. The predicted molar refractivity (Wildman–Crippen MR) is 71.0 cm³/mol. The Morgan fingerprint density at radius 3 is 1.12 bits per heavy atom. The monoisotopic (exact) mass is 288 g/mol. The molecule has 0 atom stereocenters. The number of aliphatic hydroxyl groups excluding tert-OH is 2. The van der Waals surface area contributed by atoms with E-state index in [1.165, 1.54) is 0 Å². The van der Waals surface area contributed by atoms with Crippen molar-refractivity contribution in [2.75, 3.05) is 24.7 Å². The summed E-state index contributed by atoms with van der Waals surface area (Å²) in [4.78, 5) is 18.6. The molecule has 0 bridgehead atoms. The Bertz CT molecular complexity index is 159. The number of hydrogen-bond acceptors (Lipinski definition) is 6. The van der Waals surface area contributed by atoms with Gasteiger partial charge in [-0.25, -0.2) is 0 Å². The van der Waals surface area contributed by atoms with Crippen molar-refractivity contribution in [3.05, 3.63) is 0 Å². The van der Waals surface area contributed by atoms with Crippen molar-refractivity contribution in [3.63, 3.8) is 0 Å². The number of carboxylic acids is 2. The summed E-state index contributed by atoms with van der Waals surface area (Å²) >= 11 is 6.83. The highest BCUT2D eigenvalue weighted by Crippen LogP contribution is 1.90. The minimum absolute atomic E-state index is 0.0833. The third-order valence-electron chi connectivity index (χ3n) is 1.09. The van der Waals surface area contributed by atoms with Crippen molar-refractivity contribution in [3.8, 4) is 0 Å². The van der Waals surface area contributed by atoms with Gasteiger partial charge in [-0.3, -0.25) is 9.59 Å². The standard InChI is InChI=1S/C5H12O2.2C2H4O2S/c6-4-2-1-3-5-7;2*3-2(4)1-5/h6-7H,1-5H2;2*5H,1H2,(H,3,4). The first-order chi connectivity index (χ1) is 7.95. The Balaban J connectivity index is -0.000000177. The van der Waals surface area contributed by atoms with Crippen molar-refractivity contribution in [2.24, 2.45) is 0 Å². The first-order valence-corrected chi connectivity index (χ1v) is 6.09. The molecule has 0 amide bonds. The van der Waals surface area contributed by atoms with E-state index in [4.69, 9.17) is 20.4 Å². The maximum absolute atomic E-state index is 9.29. The van der Waals surface area contributed by atoms with Gasteiger partial charge in [-0.2, -0.15) is 25.3 Å². The topological polar surface area (TPSA) is 115 Å². The second-order valence-electron chi connectivity index (χ2n) is 2.61. The molecule has 0 radical (unpaired) electrons. The molecular weight excluding hydrogens is 268 g/mol. The van der Waals surface area contributed by atoms with Gasteiger partial charge in [0.15, 0.2) is 0 Å². The molecule has 0 aromatic carbocycles. The minimum Gasteiger partial charge on any atom is -0.481 e. The number of unbranched alkanes of at least 4 members (excludes halogenated alkanes) is 2. The molecule has 8 heteroatoms. The van der Waals surface area contributed by atoms with Crippen molar-refractivity contribution in [1.29, 1.82) is 0 Å². The number of hydrogen-bond donors (Lipinski definition) is 6. The van der Waals surface area contributed by atoms with Gasteiger partial charge in [0.25, 0.3) is 0 Å². The van der Waals surface area contributed by atoms with Crippen LogP contribution in [0.1, 0.15) is 19.3 Å². The average molecular weight is 288 g/mol. The average Bonchev–Trinajstić information content (AvgIpc) is 2.31.